The third-order valence-electron chi connectivity index (χ3n) is 2.12. The Labute approximate surface area is 114 Å². The molecule has 1 unspecified atom stereocenters. The highest BCUT2D eigenvalue weighted by Crippen LogP contribution is 2.17. The highest BCUT2D eigenvalue weighted by atomic mass is 35.5. The van der Waals surface area contributed by atoms with Crippen molar-refractivity contribution in [2.24, 2.45) is 10.7 Å². The number of aliphatic imine (C=N–C) groups is 1. The number of nitrogens with two attached hydrogens (primary N) is 1. The van der Waals surface area contributed by atoms with Crippen molar-refractivity contribution >= 4 is 34.9 Å². The summed E-state index contributed by atoms with van der Waals surface area (Å²) in [6, 6.07) is 4.66. The van der Waals surface area contributed by atoms with Gasteiger partial charge in [0.25, 0.3) is 0 Å². The maximum atomic E-state index is 11.6. The standard InChI is InChI=1S/C12H13ClN2O4/c1-2-19-12(18)10(9(14)11(16)17)15-8-5-3-7(13)4-6-8/h3-6,9H,2,14H2,1H3,(H,16,17). The Bertz CT molecular complexity index is 499. The lowest BCUT2D eigenvalue weighted by atomic mass is 10.2. The number of rotatable bonds is 5. The zero-order valence-corrected chi connectivity index (χ0v) is 10.9. The first-order valence-electron chi connectivity index (χ1n) is 5.45. The van der Waals surface area contributed by atoms with Crippen molar-refractivity contribution in [2.75, 3.05) is 6.61 Å². The fourth-order valence-corrected chi connectivity index (χ4v) is 1.34. The van der Waals surface area contributed by atoms with E-state index >= 15 is 0 Å². The van der Waals surface area contributed by atoms with Gasteiger partial charge in [-0.3, -0.25) is 4.79 Å². The van der Waals surface area contributed by atoms with Gasteiger partial charge in [-0.25, -0.2) is 9.79 Å². The number of nitrogens with zero attached hydrogens (tertiary/aromatic N) is 1. The average Bonchev–Trinajstić information content (AvgIpc) is 2.37. The van der Waals surface area contributed by atoms with Crippen LogP contribution in [0.15, 0.2) is 29.3 Å². The number of ether oxygens (including phenoxy) is 1. The first kappa shape index (κ1) is 15.1. The van der Waals surface area contributed by atoms with Crippen molar-refractivity contribution in [3.8, 4) is 0 Å². The third kappa shape index (κ3) is 4.35. The average molecular weight is 285 g/mol. The van der Waals surface area contributed by atoms with Gasteiger partial charge in [0.15, 0.2) is 11.8 Å². The summed E-state index contributed by atoms with van der Waals surface area (Å²) in [7, 11) is 0. The van der Waals surface area contributed by atoms with Gasteiger partial charge in [-0.05, 0) is 31.2 Å². The van der Waals surface area contributed by atoms with E-state index < -0.39 is 18.0 Å². The molecule has 0 saturated heterocycles. The van der Waals surface area contributed by atoms with E-state index in [-0.39, 0.29) is 12.3 Å². The van der Waals surface area contributed by atoms with Crippen LogP contribution in [0, 0.1) is 0 Å². The Morgan fingerprint density at radius 1 is 1.42 bits per heavy atom. The van der Waals surface area contributed by atoms with Crippen LogP contribution in [-0.4, -0.2) is 35.4 Å². The molecule has 0 aromatic heterocycles. The minimum Gasteiger partial charge on any atom is -0.480 e. The number of hydrogen-bond acceptors (Lipinski definition) is 5. The molecule has 0 radical (unpaired) electrons. The maximum absolute atomic E-state index is 11.6. The van der Waals surface area contributed by atoms with Crippen molar-refractivity contribution in [3.05, 3.63) is 29.3 Å². The van der Waals surface area contributed by atoms with Gasteiger partial charge >= 0.3 is 11.9 Å². The Morgan fingerprint density at radius 2 is 2.00 bits per heavy atom. The topological polar surface area (TPSA) is 102 Å². The first-order valence-corrected chi connectivity index (χ1v) is 5.83. The van der Waals surface area contributed by atoms with Gasteiger partial charge in [0.05, 0.1) is 12.3 Å². The molecule has 102 valence electrons. The second-order valence-electron chi connectivity index (χ2n) is 3.51. The quantitative estimate of drug-likeness (QED) is 0.628. The molecular formula is C12H13ClN2O4. The van der Waals surface area contributed by atoms with Crippen LogP contribution in [-0.2, 0) is 14.3 Å². The number of benzene rings is 1. The lowest BCUT2D eigenvalue weighted by Gasteiger charge is -2.09. The molecule has 1 aromatic rings. The Kier molecular flexibility index (Phi) is 5.47. The molecule has 1 aromatic carbocycles. The fraction of sp³-hybridized carbons (Fsp3) is 0.250. The zero-order valence-electron chi connectivity index (χ0n) is 10.2. The smallest absolute Gasteiger partial charge is 0.354 e. The summed E-state index contributed by atoms with van der Waals surface area (Å²) >= 11 is 5.71. The first-order chi connectivity index (χ1) is 8.95. The lowest BCUT2D eigenvalue weighted by molar-refractivity contribution is -0.140. The van der Waals surface area contributed by atoms with E-state index in [9.17, 15) is 9.59 Å². The number of aliphatic carboxylic acids is 1. The second kappa shape index (κ2) is 6.86. The Hall–Kier alpha value is -1.92. The van der Waals surface area contributed by atoms with Crippen molar-refractivity contribution in [2.45, 2.75) is 13.0 Å². The van der Waals surface area contributed by atoms with E-state index in [1.54, 1.807) is 19.1 Å². The van der Waals surface area contributed by atoms with Crippen LogP contribution >= 0.6 is 11.6 Å². The predicted octanol–water partition coefficient (Wildman–Crippen LogP) is 1.39. The maximum Gasteiger partial charge on any atom is 0.354 e. The summed E-state index contributed by atoms with van der Waals surface area (Å²) in [4.78, 5) is 26.4. The van der Waals surface area contributed by atoms with E-state index in [1.165, 1.54) is 12.1 Å². The molecule has 0 spiro atoms. The molecule has 0 saturated carbocycles. The van der Waals surface area contributed by atoms with Gasteiger partial charge in [0, 0.05) is 5.02 Å². The van der Waals surface area contributed by atoms with Crippen molar-refractivity contribution < 1.29 is 19.4 Å². The summed E-state index contributed by atoms with van der Waals surface area (Å²) in [5.41, 5.74) is 5.41. The lowest BCUT2D eigenvalue weighted by Crippen LogP contribution is -2.43. The highest BCUT2D eigenvalue weighted by molar-refractivity contribution is 6.42. The SMILES string of the molecule is CCOC(=O)C(=Nc1ccc(Cl)cc1)C(N)C(=O)O. The number of carboxylic acids is 1. The van der Waals surface area contributed by atoms with Crippen LogP contribution in [0.3, 0.4) is 0 Å². The van der Waals surface area contributed by atoms with Gasteiger partial charge in [-0.15, -0.1) is 0 Å². The monoisotopic (exact) mass is 284 g/mol. The summed E-state index contributed by atoms with van der Waals surface area (Å²) in [5, 5.41) is 9.36. The van der Waals surface area contributed by atoms with Crippen LogP contribution in [0.25, 0.3) is 0 Å². The number of carbonyl (C=O) groups is 2. The largest absolute Gasteiger partial charge is 0.480 e. The van der Waals surface area contributed by atoms with Gasteiger partial charge in [-0.2, -0.15) is 0 Å². The van der Waals surface area contributed by atoms with Gasteiger partial charge in [0.1, 0.15) is 0 Å². The molecule has 0 aliphatic rings. The molecule has 0 aliphatic heterocycles. The molecule has 19 heavy (non-hydrogen) atoms. The fourth-order valence-electron chi connectivity index (χ4n) is 1.22. The minimum atomic E-state index is -1.55. The van der Waals surface area contributed by atoms with E-state index in [0.29, 0.717) is 10.7 Å². The van der Waals surface area contributed by atoms with Crippen molar-refractivity contribution in [3.63, 3.8) is 0 Å². The van der Waals surface area contributed by atoms with E-state index in [1.807, 2.05) is 0 Å². The summed E-state index contributed by atoms with van der Waals surface area (Å²) in [6.45, 7) is 1.70. The number of esters is 1. The molecule has 1 rings (SSSR count). The van der Waals surface area contributed by atoms with Gasteiger partial charge in [0.2, 0.25) is 0 Å². The minimum absolute atomic E-state index is 0.102. The van der Waals surface area contributed by atoms with Crippen LogP contribution in [0.1, 0.15) is 6.92 Å². The van der Waals surface area contributed by atoms with E-state index in [2.05, 4.69) is 4.99 Å². The van der Waals surface area contributed by atoms with Gasteiger partial charge < -0.3 is 15.6 Å². The molecule has 0 amide bonds. The van der Waals surface area contributed by atoms with Crippen LogP contribution < -0.4 is 5.73 Å². The number of hydrogen-bond donors (Lipinski definition) is 2. The van der Waals surface area contributed by atoms with Crippen LogP contribution in [0.5, 0.6) is 0 Å². The third-order valence-corrected chi connectivity index (χ3v) is 2.37. The summed E-state index contributed by atoms with van der Waals surface area (Å²) < 4.78 is 4.73. The van der Waals surface area contributed by atoms with Crippen LogP contribution in [0.2, 0.25) is 5.02 Å². The molecular weight excluding hydrogens is 272 g/mol. The van der Waals surface area contributed by atoms with Crippen molar-refractivity contribution in [1.82, 2.24) is 0 Å². The second-order valence-corrected chi connectivity index (χ2v) is 3.95. The normalized spacial score (nSPS) is 12.9. The van der Waals surface area contributed by atoms with Crippen molar-refractivity contribution in [1.29, 1.82) is 0 Å². The molecule has 0 heterocycles. The summed E-state index contributed by atoms with van der Waals surface area (Å²) in [5.74, 6) is -2.21. The summed E-state index contributed by atoms with van der Waals surface area (Å²) in [6.07, 6.45) is 0. The molecule has 7 heteroatoms. The molecule has 0 fully saturated rings. The molecule has 6 nitrogen and oxygen atoms in total. The van der Waals surface area contributed by atoms with E-state index in [0.717, 1.165) is 0 Å². The molecule has 1 atom stereocenters. The number of carboxylic acid groups (broad SMARTS) is 1. The number of carbonyl (C=O) groups excluding carboxylic acids is 1. The Balaban J connectivity index is 3.11. The molecule has 3 N–H and O–H groups in total. The highest BCUT2D eigenvalue weighted by Gasteiger charge is 2.26. The Morgan fingerprint density at radius 3 is 2.47 bits per heavy atom. The van der Waals surface area contributed by atoms with E-state index in [4.69, 9.17) is 27.2 Å². The molecule has 0 bridgehead atoms. The zero-order chi connectivity index (χ0) is 14.4. The number of halogens is 1. The molecule has 0 aliphatic carbocycles. The predicted molar refractivity (Wildman–Crippen MR) is 70.8 cm³/mol. The van der Waals surface area contributed by atoms with Crippen LogP contribution in [0.4, 0.5) is 5.69 Å². The van der Waals surface area contributed by atoms with Gasteiger partial charge in [-0.1, -0.05) is 11.6 Å².